The minimum atomic E-state index is -0.254. The SMILES string of the molecule is COCCNC(=O)c1cccc(NC(=O)/C=C/c2ccccc2)c1. The number of amides is 2. The fourth-order valence-electron chi connectivity index (χ4n) is 2.03. The second-order valence-corrected chi connectivity index (χ2v) is 5.06. The summed E-state index contributed by atoms with van der Waals surface area (Å²) in [6.07, 6.45) is 3.19. The van der Waals surface area contributed by atoms with Crippen molar-refractivity contribution in [2.24, 2.45) is 0 Å². The molecule has 124 valence electrons. The van der Waals surface area contributed by atoms with Gasteiger partial charge >= 0.3 is 0 Å². The molecule has 0 spiro atoms. The Bertz CT molecular complexity index is 712. The number of anilines is 1. The molecule has 0 unspecified atom stereocenters. The fraction of sp³-hybridized carbons (Fsp3) is 0.158. The van der Waals surface area contributed by atoms with E-state index in [0.717, 1.165) is 5.56 Å². The molecule has 0 aliphatic rings. The Balaban J connectivity index is 1.95. The quantitative estimate of drug-likeness (QED) is 0.608. The van der Waals surface area contributed by atoms with E-state index in [1.54, 1.807) is 37.5 Å². The Kier molecular flexibility index (Phi) is 6.73. The highest BCUT2D eigenvalue weighted by atomic mass is 16.5. The van der Waals surface area contributed by atoms with Crippen LogP contribution >= 0.6 is 0 Å². The molecule has 2 aromatic rings. The molecule has 0 saturated heterocycles. The summed E-state index contributed by atoms with van der Waals surface area (Å²) < 4.78 is 4.89. The molecule has 5 nitrogen and oxygen atoms in total. The van der Waals surface area contributed by atoms with E-state index in [2.05, 4.69) is 10.6 Å². The van der Waals surface area contributed by atoms with Gasteiger partial charge in [0, 0.05) is 31.0 Å². The molecule has 0 radical (unpaired) electrons. The lowest BCUT2D eigenvalue weighted by Crippen LogP contribution is -2.27. The molecule has 5 heteroatoms. The largest absolute Gasteiger partial charge is 0.383 e. The second kappa shape index (κ2) is 9.27. The second-order valence-electron chi connectivity index (χ2n) is 5.06. The number of benzene rings is 2. The van der Waals surface area contributed by atoms with Crippen molar-refractivity contribution in [1.29, 1.82) is 0 Å². The van der Waals surface area contributed by atoms with Crippen LogP contribution in [0.2, 0.25) is 0 Å². The predicted octanol–water partition coefficient (Wildman–Crippen LogP) is 2.71. The third kappa shape index (κ3) is 5.70. The Morgan fingerprint density at radius 1 is 1.08 bits per heavy atom. The van der Waals surface area contributed by atoms with Crippen LogP contribution in [0.15, 0.2) is 60.7 Å². The Labute approximate surface area is 141 Å². The van der Waals surface area contributed by atoms with Gasteiger partial charge in [-0.3, -0.25) is 9.59 Å². The zero-order valence-electron chi connectivity index (χ0n) is 13.5. The summed E-state index contributed by atoms with van der Waals surface area (Å²) in [6, 6.07) is 16.3. The van der Waals surface area contributed by atoms with Gasteiger partial charge in [-0.2, -0.15) is 0 Å². The van der Waals surface area contributed by atoms with Crippen LogP contribution in [0.1, 0.15) is 15.9 Å². The van der Waals surface area contributed by atoms with Crippen molar-refractivity contribution in [2.75, 3.05) is 25.6 Å². The van der Waals surface area contributed by atoms with Gasteiger partial charge in [0.2, 0.25) is 5.91 Å². The average molecular weight is 324 g/mol. The predicted molar refractivity (Wildman–Crippen MR) is 94.8 cm³/mol. The first-order valence-electron chi connectivity index (χ1n) is 7.60. The summed E-state index contributed by atoms with van der Waals surface area (Å²) >= 11 is 0. The lowest BCUT2D eigenvalue weighted by molar-refractivity contribution is -0.111. The number of ether oxygens (including phenoxy) is 1. The summed E-state index contributed by atoms with van der Waals surface area (Å²) in [5.74, 6) is -0.459. The van der Waals surface area contributed by atoms with Crippen molar-refractivity contribution in [3.05, 3.63) is 71.8 Å². The standard InChI is InChI=1S/C19H20N2O3/c1-24-13-12-20-19(23)16-8-5-9-17(14-16)21-18(22)11-10-15-6-3-2-4-7-15/h2-11,14H,12-13H2,1H3,(H,20,23)(H,21,22)/b11-10+. The lowest BCUT2D eigenvalue weighted by Gasteiger charge is -2.07. The minimum absolute atomic E-state index is 0.206. The first kappa shape index (κ1) is 17.4. The summed E-state index contributed by atoms with van der Waals surface area (Å²) in [7, 11) is 1.57. The molecule has 0 atom stereocenters. The van der Waals surface area contributed by atoms with Crippen molar-refractivity contribution in [3.63, 3.8) is 0 Å². The number of nitrogens with one attached hydrogen (secondary N) is 2. The summed E-state index contributed by atoms with van der Waals surface area (Å²) in [4.78, 5) is 23.9. The zero-order valence-corrected chi connectivity index (χ0v) is 13.5. The molecule has 2 rings (SSSR count). The van der Waals surface area contributed by atoms with Gasteiger partial charge in [0.05, 0.1) is 6.61 Å². The third-order valence-electron chi connectivity index (χ3n) is 3.21. The molecule has 0 fully saturated rings. The molecule has 0 bridgehead atoms. The van der Waals surface area contributed by atoms with Crippen molar-refractivity contribution < 1.29 is 14.3 Å². The number of hydrogen-bond donors (Lipinski definition) is 2. The Morgan fingerprint density at radius 2 is 1.88 bits per heavy atom. The van der Waals surface area contributed by atoms with E-state index < -0.39 is 0 Å². The topological polar surface area (TPSA) is 67.4 Å². The van der Waals surface area contributed by atoms with Crippen molar-refractivity contribution in [3.8, 4) is 0 Å². The first-order chi connectivity index (χ1) is 11.7. The van der Waals surface area contributed by atoms with Crippen LogP contribution in [0.3, 0.4) is 0 Å². The van der Waals surface area contributed by atoms with E-state index in [0.29, 0.717) is 24.4 Å². The highest BCUT2D eigenvalue weighted by Gasteiger charge is 2.06. The molecule has 0 aliphatic heterocycles. The average Bonchev–Trinajstić information content (AvgIpc) is 2.61. The number of rotatable bonds is 7. The van der Waals surface area contributed by atoms with Gasteiger partial charge in [0.1, 0.15) is 0 Å². The number of carbonyl (C=O) groups is 2. The zero-order chi connectivity index (χ0) is 17.2. The normalized spacial score (nSPS) is 10.5. The molecule has 0 saturated carbocycles. The van der Waals surface area contributed by atoms with Crippen molar-refractivity contribution >= 4 is 23.6 Å². The van der Waals surface area contributed by atoms with Crippen LogP contribution in [0.4, 0.5) is 5.69 Å². The molecule has 0 aromatic heterocycles. The van der Waals surface area contributed by atoms with Crippen molar-refractivity contribution in [1.82, 2.24) is 5.32 Å². The van der Waals surface area contributed by atoms with Gasteiger partial charge in [-0.25, -0.2) is 0 Å². The Hall–Kier alpha value is -2.92. The van der Waals surface area contributed by atoms with Crippen LogP contribution in [-0.2, 0) is 9.53 Å². The highest BCUT2D eigenvalue weighted by Crippen LogP contribution is 2.11. The van der Waals surface area contributed by atoms with Gasteiger partial charge in [0.25, 0.3) is 5.91 Å². The first-order valence-corrected chi connectivity index (χ1v) is 7.60. The van der Waals surface area contributed by atoms with E-state index in [1.165, 1.54) is 6.08 Å². The number of hydrogen-bond acceptors (Lipinski definition) is 3. The van der Waals surface area contributed by atoms with Crippen molar-refractivity contribution in [2.45, 2.75) is 0 Å². The van der Waals surface area contributed by atoms with E-state index in [4.69, 9.17) is 4.74 Å². The van der Waals surface area contributed by atoms with Crippen LogP contribution in [0, 0.1) is 0 Å². The van der Waals surface area contributed by atoms with Gasteiger partial charge in [-0.15, -0.1) is 0 Å². The third-order valence-corrected chi connectivity index (χ3v) is 3.21. The maximum atomic E-state index is 12.0. The van der Waals surface area contributed by atoms with Crippen LogP contribution in [0.25, 0.3) is 6.08 Å². The fourth-order valence-corrected chi connectivity index (χ4v) is 2.03. The van der Waals surface area contributed by atoms with Gasteiger partial charge in [-0.05, 0) is 29.8 Å². The molecule has 2 N–H and O–H groups in total. The molecule has 2 amide bonds. The highest BCUT2D eigenvalue weighted by molar-refractivity contribution is 6.03. The Morgan fingerprint density at radius 3 is 2.62 bits per heavy atom. The summed E-state index contributed by atoms with van der Waals surface area (Å²) in [5.41, 5.74) is 1.99. The molecular formula is C19H20N2O3. The molecular weight excluding hydrogens is 304 g/mol. The van der Waals surface area contributed by atoms with Crippen LogP contribution in [-0.4, -0.2) is 32.1 Å². The summed E-state index contributed by atoms with van der Waals surface area (Å²) in [6.45, 7) is 0.887. The summed E-state index contributed by atoms with van der Waals surface area (Å²) in [5, 5.41) is 5.48. The molecule has 0 heterocycles. The monoisotopic (exact) mass is 324 g/mol. The molecule has 0 aliphatic carbocycles. The van der Waals surface area contributed by atoms with Crippen LogP contribution < -0.4 is 10.6 Å². The number of methoxy groups -OCH3 is 1. The van der Waals surface area contributed by atoms with E-state index in [-0.39, 0.29) is 11.8 Å². The maximum Gasteiger partial charge on any atom is 0.251 e. The minimum Gasteiger partial charge on any atom is -0.383 e. The lowest BCUT2D eigenvalue weighted by atomic mass is 10.2. The van der Waals surface area contributed by atoms with Gasteiger partial charge in [-0.1, -0.05) is 36.4 Å². The molecule has 2 aromatic carbocycles. The number of carbonyl (C=O) groups excluding carboxylic acids is 2. The smallest absolute Gasteiger partial charge is 0.251 e. The molecule has 24 heavy (non-hydrogen) atoms. The van der Waals surface area contributed by atoms with E-state index >= 15 is 0 Å². The maximum absolute atomic E-state index is 12.0. The van der Waals surface area contributed by atoms with E-state index in [1.807, 2.05) is 30.3 Å². The van der Waals surface area contributed by atoms with Crippen LogP contribution in [0.5, 0.6) is 0 Å². The van der Waals surface area contributed by atoms with Gasteiger partial charge < -0.3 is 15.4 Å². The van der Waals surface area contributed by atoms with E-state index in [9.17, 15) is 9.59 Å². The van der Waals surface area contributed by atoms with Gasteiger partial charge in [0.15, 0.2) is 0 Å².